The second-order valence-corrected chi connectivity index (χ2v) is 6.53. The molecule has 0 radical (unpaired) electrons. The van der Waals surface area contributed by atoms with Gasteiger partial charge in [-0.1, -0.05) is 4.49 Å². The van der Waals surface area contributed by atoms with E-state index in [1.807, 2.05) is 6.92 Å². The predicted octanol–water partition coefficient (Wildman–Crippen LogP) is 1.07. The molecular weight excluding hydrogens is 318 g/mol. The maximum absolute atomic E-state index is 12.5. The van der Waals surface area contributed by atoms with Gasteiger partial charge in [-0.05, 0) is 30.9 Å². The molecule has 3 heterocycles. The first-order valence-corrected chi connectivity index (χ1v) is 8.05. The molecule has 1 saturated heterocycles. The van der Waals surface area contributed by atoms with Crippen molar-refractivity contribution >= 4 is 23.4 Å². The Morgan fingerprint density at radius 2 is 2.00 bits per heavy atom. The molecule has 0 bridgehead atoms. The normalized spacial score (nSPS) is 17.2. The molecule has 1 amide bonds. The summed E-state index contributed by atoms with van der Waals surface area (Å²) in [7, 11) is 0. The molecule has 1 aliphatic heterocycles. The van der Waals surface area contributed by atoms with Gasteiger partial charge in [-0.25, -0.2) is 4.79 Å². The van der Waals surface area contributed by atoms with Crippen molar-refractivity contribution in [1.29, 1.82) is 0 Å². The van der Waals surface area contributed by atoms with Gasteiger partial charge in [-0.2, -0.15) is 5.10 Å². The van der Waals surface area contributed by atoms with Gasteiger partial charge in [0.15, 0.2) is 5.54 Å². The first-order valence-electron chi connectivity index (χ1n) is 7.27. The highest BCUT2D eigenvalue weighted by Crippen LogP contribution is 2.31. The van der Waals surface area contributed by atoms with Gasteiger partial charge in [0.25, 0.3) is 5.91 Å². The molecule has 122 valence electrons. The van der Waals surface area contributed by atoms with Crippen molar-refractivity contribution in [3.63, 3.8) is 0 Å². The molecule has 0 aromatic carbocycles. The molecule has 3 rings (SSSR count). The van der Waals surface area contributed by atoms with E-state index in [1.54, 1.807) is 24.2 Å². The van der Waals surface area contributed by atoms with Crippen LogP contribution in [-0.4, -0.2) is 54.3 Å². The Balaban J connectivity index is 1.79. The first kappa shape index (κ1) is 15.6. The Morgan fingerprint density at radius 1 is 1.30 bits per heavy atom. The Hall–Kier alpha value is -2.29. The van der Waals surface area contributed by atoms with Gasteiger partial charge in [0, 0.05) is 32.1 Å². The Morgan fingerprint density at radius 3 is 2.48 bits per heavy atom. The van der Waals surface area contributed by atoms with Crippen LogP contribution in [0.25, 0.3) is 0 Å². The van der Waals surface area contributed by atoms with E-state index < -0.39 is 11.5 Å². The van der Waals surface area contributed by atoms with Crippen LogP contribution < -0.4 is 0 Å². The van der Waals surface area contributed by atoms with Gasteiger partial charge in [0.1, 0.15) is 4.88 Å². The van der Waals surface area contributed by atoms with E-state index in [1.165, 1.54) is 4.68 Å². The number of aryl methyl sites for hydroxylation is 2. The number of aliphatic carboxylic acids is 1. The zero-order valence-corrected chi connectivity index (χ0v) is 13.7. The molecule has 1 fully saturated rings. The number of carbonyl (C=O) groups is 2. The summed E-state index contributed by atoms with van der Waals surface area (Å²) in [6.07, 6.45) is 4.03. The number of carboxylic acid groups (broad SMARTS) is 1. The van der Waals surface area contributed by atoms with Crippen LogP contribution in [0.4, 0.5) is 0 Å². The van der Waals surface area contributed by atoms with E-state index in [0.717, 1.165) is 17.1 Å². The summed E-state index contributed by atoms with van der Waals surface area (Å²) in [4.78, 5) is 26.5. The molecule has 23 heavy (non-hydrogen) atoms. The van der Waals surface area contributed by atoms with Gasteiger partial charge < -0.3 is 10.0 Å². The third-order valence-corrected chi connectivity index (χ3v) is 5.09. The number of nitrogens with zero attached hydrogens (tertiary/aromatic N) is 5. The summed E-state index contributed by atoms with van der Waals surface area (Å²) in [5, 5.41) is 17.8. The summed E-state index contributed by atoms with van der Waals surface area (Å²) in [5.41, 5.74) is 0.430. The van der Waals surface area contributed by atoms with Crippen molar-refractivity contribution < 1.29 is 14.7 Å². The van der Waals surface area contributed by atoms with Crippen LogP contribution in [0, 0.1) is 13.8 Å². The van der Waals surface area contributed by atoms with Crippen molar-refractivity contribution in [2.45, 2.75) is 32.2 Å². The van der Waals surface area contributed by atoms with E-state index in [0.29, 0.717) is 36.5 Å². The van der Waals surface area contributed by atoms with Gasteiger partial charge >= 0.3 is 5.97 Å². The summed E-state index contributed by atoms with van der Waals surface area (Å²) in [6, 6.07) is 0. The lowest BCUT2D eigenvalue weighted by atomic mass is 9.87. The van der Waals surface area contributed by atoms with Crippen molar-refractivity contribution in [3.8, 4) is 0 Å². The summed E-state index contributed by atoms with van der Waals surface area (Å²) in [6.45, 7) is 4.34. The molecule has 0 saturated carbocycles. The van der Waals surface area contributed by atoms with Crippen molar-refractivity contribution in [2.24, 2.45) is 0 Å². The summed E-state index contributed by atoms with van der Waals surface area (Å²) >= 11 is 1.07. The molecule has 9 heteroatoms. The molecule has 1 N–H and O–H groups in total. The highest BCUT2D eigenvalue weighted by Gasteiger charge is 2.45. The predicted molar refractivity (Wildman–Crippen MR) is 82.4 cm³/mol. The fourth-order valence-corrected chi connectivity index (χ4v) is 3.46. The van der Waals surface area contributed by atoms with E-state index >= 15 is 0 Å². The largest absolute Gasteiger partial charge is 0.479 e. The SMILES string of the molecule is Cc1cnn(C2(C(=O)O)CCN(C(=O)c3snnc3C)CC2)c1. The maximum atomic E-state index is 12.5. The molecule has 0 unspecified atom stereocenters. The smallest absolute Gasteiger partial charge is 0.331 e. The molecule has 8 nitrogen and oxygen atoms in total. The highest BCUT2D eigenvalue weighted by molar-refractivity contribution is 7.07. The summed E-state index contributed by atoms with van der Waals surface area (Å²) in [5.74, 6) is -1.04. The van der Waals surface area contributed by atoms with Crippen LogP contribution in [0.5, 0.6) is 0 Å². The van der Waals surface area contributed by atoms with Crippen LogP contribution in [0.3, 0.4) is 0 Å². The fourth-order valence-electron chi connectivity index (χ4n) is 2.84. The van der Waals surface area contributed by atoms with Gasteiger partial charge in [-0.3, -0.25) is 9.48 Å². The maximum Gasteiger partial charge on any atom is 0.331 e. The Bertz CT molecular complexity index is 745. The van der Waals surface area contributed by atoms with Crippen molar-refractivity contribution in [2.75, 3.05) is 13.1 Å². The molecule has 1 aliphatic rings. The lowest BCUT2D eigenvalue weighted by Gasteiger charge is -2.38. The number of likely N-dealkylation sites (tertiary alicyclic amines) is 1. The van der Waals surface area contributed by atoms with Crippen LogP contribution in [0.2, 0.25) is 0 Å². The molecule has 0 atom stereocenters. The van der Waals surface area contributed by atoms with Crippen LogP contribution in [-0.2, 0) is 10.3 Å². The van der Waals surface area contributed by atoms with Crippen LogP contribution >= 0.6 is 11.5 Å². The van der Waals surface area contributed by atoms with Gasteiger partial charge in [0.05, 0.1) is 11.9 Å². The third-order valence-electron chi connectivity index (χ3n) is 4.27. The second-order valence-electron chi connectivity index (χ2n) is 5.78. The number of piperidine rings is 1. The van der Waals surface area contributed by atoms with Crippen molar-refractivity contribution in [3.05, 3.63) is 28.5 Å². The number of aromatic nitrogens is 4. The average Bonchev–Trinajstić information content (AvgIpc) is 3.15. The Labute approximate surface area is 136 Å². The van der Waals surface area contributed by atoms with Gasteiger partial charge in [-0.15, -0.1) is 5.10 Å². The zero-order valence-electron chi connectivity index (χ0n) is 12.9. The monoisotopic (exact) mass is 335 g/mol. The van der Waals surface area contributed by atoms with Crippen LogP contribution in [0.15, 0.2) is 12.4 Å². The lowest BCUT2D eigenvalue weighted by molar-refractivity contribution is -0.150. The molecule has 2 aromatic heterocycles. The third kappa shape index (κ3) is 2.61. The van der Waals surface area contributed by atoms with Gasteiger partial charge in [0.2, 0.25) is 0 Å². The highest BCUT2D eigenvalue weighted by atomic mass is 32.1. The topological polar surface area (TPSA) is 101 Å². The Kier molecular flexibility index (Phi) is 3.88. The molecule has 0 aliphatic carbocycles. The van der Waals surface area contributed by atoms with Crippen molar-refractivity contribution in [1.82, 2.24) is 24.3 Å². The first-order chi connectivity index (χ1) is 10.9. The van der Waals surface area contributed by atoms with E-state index in [-0.39, 0.29) is 5.91 Å². The van der Waals surface area contributed by atoms with E-state index in [9.17, 15) is 14.7 Å². The molecule has 2 aromatic rings. The second kappa shape index (κ2) is 5.73. The zero-order chi connectivity index (χ0) is 16.6. The number of rotatable bonds is 3. The number of hydrogen-bond acceptors (Lipinski definition) is 6. The van der Waals surface area contributed by atoms with Crippen LogP contribution in [0.1, 0.15) is 33.8 Å². The number of carbonyl (C=O) groups excluding carboxylic acids is 1. The summed E-state index contributed by atoms with van der Waals surface area (Å²) < 4.78 is 5.30. The van der Waals surface area contributed by atoms with E-state index in [4.69, 9.17) is 0 Å². The molecule has 0 spiro atoms. The quantitative estimate of drug-likeness (QED) is 0.900. The minimum atomic E-state index is -1.09. The number of hydrogen-bond donors (Lipinski definition) is 1. The standard InChI is InChI=1S/C14H17N5O3S/c1-9-7-15-19(8-9)14(13(21)22)3-5-18(6-4-14)12(20)11-10(2)16-17-23-11/h7-8H,3-6H2,1-2H3,(H,21,22). The number of amides is 1. The minimum absolute atomic E-state index is 0.131. The average molecular weight is 335 g/mol. The fraction of sp³-hybridized carbons (Fsp3) is 0.500. The molecular formula is C14H17N5O3S. The minimum Gasteiger partial charge on any atom is -0.479 e. The number of carboxylic acids is 1. The van der Waals surface area contributed by atoms with E-state index in [2.05, 4.69) is 14.7 Å². The lowest BCUT2D eigenvalue weighted by Crippen LogP contribution is -2.52.